The van der Waals surface area contributed by atoms with Crippen LogP contribution in [0.2, 0.25) is 0 Å². The minimum absolute atomic E-state index is 0.0600. The van der Waals surface area contributed by atoms with Crippen LogP contribution in [0.15, 0.2) is 66.0 Å². The molecule has 0 amide bonds. The Morgan fingerprint density at radius 3 is 2.29 bits per heavy atom. The maximum Gasteiger partial charge on any atom is 0.416 e. The molecule has 34 heavy (non-hydrogen) atoms. The molecule has 0 saturated heterocycles. The van der Waals surface area contributed by atoms with Gasteiger partial charge in [0.05, 0.1) is 22.1 Å². The summed E-state index contributed by atoms with van der Waals surface area (Å²) in [5, 5.41) is 22.4. The highest BCUT2D eigenvalue weighted by molar-refractivity contribution is 5.74. The fraction of sp³-hybridized carbons (Fsp3) is 0.375. The summed E-state index contributed by atoms with van der Waals surface area (Å²) in [6.45, 7) is 3.02. The molecule has 3 atom stereocenters. The highest BCUT2D eigenvalue weighted by Crippen LogP contribution is 2.51. The number of halogens is 3. The van der Waals surface area contributed by atoms with Gasteiger partial charge in [0.2, 0.25) is 0 Å². The van der Waals surface area contributed by atoms with Crippen LogP contribution in [0.4, 0.5) is 13.2 Å². The number of rotatable bonds is 7. The molecule has 0 aliphatic carbocycles. The van der Waals surface area contributed by atoms with Crippen molar-refractivity contribution in [2.45, 2.75) is 38.1 Å². The zero-order valence-corrected chi connectivity index (χ0v) is 18.9. The average molecular weight is 478 g/mol. The van der Waals surface area contributed by atoms with Gasteiger partial charge in [-0.1, -0.05) is 48.5 Å². The van der Waals surface area contributed by atoms with Crippen molar-refractivity contribution in [2.24, 2.45) is 5.92 Å². The number of hydrogen-bond donors (Lipinski definition) is 1. The van der Waals surface area contributed by atoms with E-state index in [4.69, 9.17) is 4.74 Å². The van der Waals surface area contributed by atoms with Crippen LogP contribution in [-0.4, -0.2) is 40.3 Å². The number of benzene rings is 2. The lowest BCUT2D eigenvalue weighted by molar-refractivity contribution is -0.438. The molecule has 7 nitrogen and oxygen atoms in total. The summed E-state index contributed by atoms with van der Waals surface area (Å²) in [5.74, 6) is -4.88. The number of methoxy groups -OCH3 is 1. The largest absolute Gasteiger partial charge is 0.481 e. The number of nitro groups is 1. The van der Waals surface area contributed by atoms with Crippen LogP contribution >= 0.6 is 0 Å². The van der Waals surface area contributed by atoms with Gasteiger partial charge >= 0.3 is 12.1 Å². The Morgan fingerprint density at radius 1 is 1.18 bits per heavy atom. The lowest BCUT2D eigenvalue weighted by Gasteiger charge is -2.50. The molecule has 3 rings (SSSR count). The smallest absolute Gasteiger partial charge is 0.416 e. The van der Waals surface area contributed by atoms with Crippen LogP contribution in [0.5, 0.6) is 0 Å². The molecule has 0 saturated carbocycles. The predicted molar refractivity (Wildman–Crippen MR) is 117 cm³/mol. The number of alkyl halides is 3. The van der Waals surface area contributed by atoms with Crippen molar-refractivity contribution in [2.75, 3.05) is 13.7 Å². The number of carbonyl (C=O) groups is 1. The third-order valence-electron chi connectivity index (χ3n) is 6.46. The van der Waals surface area contributed by atoms with Gasteiger partial charge in [0.25, 0.3) is 5.70 Å². The fourth-order valence-corrected chi connectivity index (χ4v) is 4.81. The number of ether oxygens (including phenoxy) is 1. The van der Waals surface area contributed by atoms with Crippen LogP contribution in [0.25, 0.3) is 0 Å². The summed E-state index contributed by atoms with van der Waals surface area (Å²) in [4.78, 5) is 25.4. The molecule has 182 valence electrons. The minimum atomic E-state index is -4.83. The lowest BCUT2D eigenvalue weighted by atomic mass is 9.72. The van der Waals surface area contributed by atoms with E-state index < -0.39 is 51.5 Å². The molecule has 0 spiro atoms. The second-order valence-electron chi connectivity index (χ2n) is 8.25. The van der Waals surface area contributed by atoms with E-state index in [1.165, 1.54) is 31.9 Å². The normalized spacial score (nSPS) is 23.2. The van der Waals surface area contributed by atoms with Gasteiger partial charge in [-0.3, -0.25) is 14.9 Å². The van der Waals surface area contributed by atoms with Gasteiger partial charge in [-0.2, -0.15) is 13.2 Å². The molecule has 1 aliphatic heterocycles. The lowest BCUT2D eigenvalue weighted by Crippen LogP contribution is -2.60. The van der Waals surface area contributed by atoms with Crippen molar-refractivity contribution in [3.05, 3.63) is 92.8 Å². The third-order valence-corrected chi connectivity index (χ3v) is 6.46. The fourth-order valence-electron chi connectivity index (χ4n) is 4.81. The van der Waals surface area contributed by atoms with Gasteiger partial charge in [-0.25, -0.2) is 0 Å². The summed E-state index contributed by atoms with van der Waals surface area (Å²) in [7, 11) is 1.25. The molecule has 0 fully saturated rings. The minimum Gasteiger partial charge on any atom is -0.481 e. The summed E-state index contributed by atoms with van der Waals surface area (Å²) < 4.78 is 47.2. The zero-order chi connectivity index (χ0) is 25.3. The molecule has 10 heteroatoms. The van der Waals surface area contributed by atoms with Gasteiger partial charge in [0.15, 0.2) is 5.72 Å². The van der Waals surface area contributed by atoms with Crippen LogP contribution in [0, 0.1) is 16.0 Å². The van der Waals surface area contributed by atoms with E-state index in [2.05, 4.69) is 0 Å². The molecule has 2 aromatic carbocycles. The SMILES string of the molecule is CO[C@]1(C)C(C(=O)O)C(c2ccccc2C(F)(F)F)C([N+](=O)[O-])=C(C)N1CCc1ccccc1. The first kappa shape index (κ1) is 25.2. The predicted octanol–water partition coefficient (Wildman–Crippen LogP) is 4.92. The van der Waals surface area contributed by atoms with Crippen LogP contribution < -0.4 is 0 Å². The Labute approximate surface area is 194 Å². The molecule has 0 aromatic heterocycles. The average Bonchev–Trinajstić information content (AvgIpc) is 2.78. The van der Waals surface area contributed by atoms with E-state index in [1.807, 2.05) is 30.3 Å². The molecule has 2 unspecified atom stereocenters. The molecule has 0 radical (unpaired) electrons. The molecule has 1 N–H and O–H groups in total. The second-order valence-corrected chi connectivity index (χ2v) is 8.25. The number of nitrogens with zero attached hydrogens (tertiary/aromatic N) is 2. The Kier molecular flexibility index (Phi) is 7.02. The molecular formula is C24H25F3N2O5. The number of allylic oxidation sites excluding steroid dienone is 2. The van der Waals surface area contributed by atoms with E-state index in [9.17, 15) is 33.2 Å². The first-order chi connectivity index (χ1) is 15.9. The summed E-state index contributed by atoms with van der Waals surface area (Å²) in [5.41, 5.74) is -2.87. The van der Waals surface area contributed by atoms with Gasteiger partial charge in [0.1, 0.15) is 5.92 Å². The van der Waals surface area contributed by atoms with Crippen molar-refractivity contribution >= 4 is 5.97 Å². The van der Waals surface area contributed by atoms with Crippen molar-refractivity contribution in [3.8, 4) is 0 Å². The van der Waals surface area contributed by atoms with Gasteiger partial charge in [0, 0.05) is 13.7 Å². The topological polar surface area (TPSA) is 92.9 Å². The van der Waals surface area contributed by atoms with Crippen LogP contribution in [0.3, 0.4) is 0 Å². The monoisotopic (exact) mass is 478 g/mol. The highest BCUT2D eigenvalue weighted by Gasteiger charge is 2.59. The Balaban J connectivity index is 2.25. The maximum atomic E-state index is 13.8. The Bertz CT molecular complexity index is 1100. The van der Waals surface area contributed by atoms with E-state index in [-0.39, 0.29) is 12.2 Å². The summed E-state index contributed by atoms with van der Waals surface area (Å²) >= 11 is 0. The molecule has 0 bridgehead atoms. The van der Waals surface area contributed by atoms with E-state index in [0.29, 0.717) is 6.42 Å². The third kappa shape index (κ3) is 4.50. The standard InChI is InChI=1S/C24H25F3N2O5/c1-15-21(29(32)33)19(17-11-7-8-12-18(17)24(25,26)27)20(22(30)31)23(2,34-3)28(15)14-13-16-9-5-4-6-10-16/h4-12,19-20H,13-14H2,1-3H3,(H,30,31)/t19?,20?,23-/m1/s1. The highest BCUT2D eigenvalue weighted by atomic mass is 19.4. The van der Waals surface area contributed by atoms with Crippen molar-refractivity contribution in [1.29, 1.82) is 0 Å². The molecule has 1 aliphatic rings. The number of carboxylic acid groups (broad SMARTS) is 1. The van der Waals surface area contributed by atoms with E-state index in [1.54, 1.807) is 0 Å². The molecule has 1 heterocycles. The Morgan fingerprint density at radius 2 is 1.76 bits per heavy atom. The first-order valence-corrected chi connectivity index (χ1v) is 10.5. The summed E-state index contributed by atoms with van der Waals surface area (Å²) in [6.07, 6.45) is -4.42. The molecular weight excluding hydrogens is 453 g/mol. The van der Waals surface area contributed by atoms with Crippen molar-refractivity contribution < 1.29 is 32.7 Å². The van der Waals surface area contributed by atoms with Gasteiger partial charge < -0.3 is 14.7 Å². The van der Waals surface area contributed by atoms with Gasteiger partial charge in [-0.15, -0.1) is 0 Å². The van der Waals surface area contributed by atoms with E-state index >= 15 is 0 Å². The quantitative estimate of drug-likeness (QED) is 0.449. The summed E-state index contributed by atoms with van der Waals surface area (Å²) in [6, 6.07) is 13.6. The maximum absolute atomic E-state index is 13.8. The van der Waals surface area contributed by atoms with Crippen LogP contribution in [-0.2, 0) is 22.1 Å². The van der Waals surface area contributed by atoms with Crippen LogP contribution in [0.1, 0.15) is 36.5 Å². The first-order valence-electron chi connectivity index (χ1n) is 10.5. The number of aliphatic carboxylic acids is 1. The van der Waals surface area contributed by atoms with Crippen molar-refractivity contribution in [1.82, 2.24) is 4.90 Å². The van der Waals surface area contributed by atoms with Gasteiger partial charge in [-0.05, 0) is 37.5 Å². The molecule has 2 aromatic rings. The number of carboxylic acids is 1. The zero-order valence-electron chi connectivity index (χ0n) is 18.9. The number of hydrogen-bond acceptors (Lipinski definition) is 5. The van der Waals surface area contributed by atoms with E-state index in [0.717, 1.165) is 23.8 Å². The second kappa shape index (κ2) is 9.46. The Hall–Kier alpha value is -3.40. The van der Waals surface area contributed by atoms with Crippen molar-refractivity contribution in [3.63, 3.8) is 0 Å².